The number of piperidine rings is 1. The Bertz CT molecular complexity index is 525. The lowest BCUT2D eigenvalue weighted by Crippen LogP contribution is -2.47. The number of pyridine rings is 1. The van der Waals surface area contributed by atoms with Gasteiger partial charge in [0.1, 0.15) is 0 Å². The van der Waals surface area contributed by atoms with Crippen LogP contribution in [0.3, 0.4) is 0 Å². The van der Waals surface area contributed by atoms with Crippen molar-refractivity contribution in [1.82, 2.24) is 15.6 Å². The van der Waals surface area contributed by atoms with Gasteiger partial charge in [0.05, 0.1) is 23.2 Å². The van der Waals surface area contributed by atoms with E-state index in [-0.39, 0.29) is 23.4 Å². The van der Waals surface area contributed by atoms with E-state index in [2.05, 4.69) is 15.6 Å². The van der Waals surface area contributed by atoms with Gasteiger partial charge in [-0.25, -0.2) is 4.79 Å². The van der Waals surface area contributed by atoms with Crippen LogP contribution >= 0.6 is 0 Å². The number of rotatable bonds is 5. The molecule has 0 unspecified atom stereocenters. The van der Waals surface area contributed by atoms with E-state index in [4.69, 9.17) is 5.11 Å². The number of nitrogens with one attached hydrogen (secondary N) is 2. The Labute approximate surface area is 124 Å². The van der Waals surface area contributed by atoms with Crippen LogP contribution in [-0.2, 0) is 11.3 Å². The van der Waals surface area contributed by atoms with E-state index in [1.165, 1.54) is 18.3 Å². The average Bonchev–Trinajstić information content (AvgIpc) is 2.53. The summed E-state index contributed by atoms with van der Waals surface area (Å²) in [5, 5.41) is 15.1. The molecule has 0 aromatic carbocycles. The number of amides is 1. The van der Waals surface area contributed by atoms with E-state index in [1.54, 1.807) is 0 Å². The summed E-state index contributed by atoms with van der Waals surface area (Å²) in [5.41, 5.74) is 0.431. The van der Waals surface area contributed by atoms with Crippen molar-refractivity contribution in [3.05, 3.63) is 29.6 Å². The Morgan fingerprint density at radius 1 is 1.43 bits per heavy atom. The molecule has 1 aliphatic rings. The minimum atomic E-state index is -0.992. The number of carbonyl (C=O) groups excluding carboxylic acids is 1. The van der Waals surface area contributed by atoms with Gasteiger partial charge in [-0.3, -0.25) is 9.78 Å². The maximum atomic E-state index is 12.5. The molecule has 0 aliphatic carbocycles. The van der Waals surface area contributed by atoms with Gasteiger partial charge in [-0.05, 0) is 44.5 Å². The first-order chi connectivity index (χ1) is 10.1. The number of nitrogens with zero attached hydrogens (tertiary/aromatic N) is 1. The third-order valence-electron chi connectivity index (χ3n) is 4.21. The summed E-state index contributed by atoms with van der Waals surface area (Å²) in [7, 11) is 0. The summed E-state index contributed by atoms with van der Waals surface area (Å²) >= 11 is 0. The molecule has 21 heavy (non-hydrogen) atoms. The van der Waals surface area contributed by atoms with Crippen LogP contribution in [0.1, 0.15) is 42.2 Å². The number of carboxylic acids is 1. The molecule has 1 fully saturated rings. The Morgan fingerprint density at radius 3 is 2.76 bits per heavy atom. The molecule has 3 N–H and O–H groups in total. The zero-order chi connectivity index (χ0) is 15.3. The van der Waals surface area contributed by atoms with Crippen molar-refractivity contribution in [3.8, 4) is 0 Å². The lowest BCUT2D eigenvalue weighted by atomic mass is 9.76. The Hall–Kier alpha value is -1.95. The normalized spacial score (nSPS) is 17.2. The maximum Gasteiger partial charge on any atom is 0.335 e. The van der Waals surface area contributed by atoms with E-state index in [9.17, 15) is 9.59 Å². The lowest BCUT2D eigenvalue weighted by Gasteiger charge is -2.35. The minimum Gasteiger partial charge on any atom is -0.478 e. The van der Waals surface area contributed by atoms with Crippen LogP contribution in [0.5, 0.6) is 0 Å². The van der Waals surface area contributed by atoms with Gasteiger partial charge in [0.25, 0.3) is 0 Å². The monoisotopic (exact) mass is 291 g/mol. The molecule has 2 heterocycles. The average molecular weight is 291 g/mol. The molecule has 0 atom stereocenters. The summed E-state index contributed by atoms with van der Waals surface area (Å²) in [6.45, 7) is 4.01. The van der Waals surface area contributed by atoms with Crippen molar-refractivity contribution in [2.45, 2.75) is 32.7 Å². The number of hydrogen-bond acceptors (Lipinski definition) is 4. The molecule has 1 amide bonds. The van der Waals surface area contributed by atoms with E-state index in [1.807, 2.05) is 6.92 Å². The molecular formula is C15H21N3O3. The van der Waals surface area contributed by atoms with Gasteiger partial charge in [0, 0.05) is 6.20 Å². The molecule has 1 aromatic rings. The number of carbonyl (C=O) groups is 2. The quantitative estimate of drug-likeness (QED) is 0.757. The minimum absolute atomic E-state index is 0.0361. The van der Waals surface area contributed by atoms with Crippen molar-refractivity contribution >= 4 is 11.9 Å². The fourth-order valence-electron chi connectivity index (χ4n) is 2.71. The van der Waals surface area contributed by atoms with Gasteiger partial charge in [0.15, 0.2) is 0 Å². The van der Waals surface area contributed by atoms with Crippen molar-refractivity contribution in [3.63, 3.8) is 0 Å². The van der Waals surface area contributed by atoms with Crippen LogP contribution in [0.25, 0.3) is 0 Å². The summed E-state index contributed by atoms with van der Waals surface area (Å²) in [6.07, 6.45) is 3.92. The SMILES string of the molecule is CCC1(C(=O)NCc2cc(C(=O)O)ccn2)CCNCC1. The Kier molecular flexibility index (Phi) is 4.90. The fraction of sp³-hybridized carbons (Fsp3) is 0.533. The van der Waals surface area contributed by atoms with Crippen molar-refractivity contribution < 1.29 is 14.7 Å². The van der Waals surface area contributed by atoms with Gasteiger partial charge >= 0.3 is 5.97 Å². The van der Waals surface area contributed by atoms with Gasteiger partial charge in [-0.1, -0.05) is 6.92 Å². The third kappa shape index (κ3) is 3.58. The second kappa shape index (κ2) is 6.67. The van der Waals surface area contributed by atoms with Crippen LogP contribution < -0.4 is 10.6 Å². The number of carboxylic acid groups (broad SMARTS) is 1. The van der Waals surface area contributed by atoms with E-state index in [0.29, 0.717) is 5.69 Å². The molecule has 0 radical (unpaired) electrons. The van der Waals surface area contributed by atoms with Crippen LogP contribution in [0.4, 0.5) is 0 Å². The van der Waals surface area contributed by atoms with Gasteiger partial charge in [-0.2, -0.15) is 0 Å². The van der Waals surface area contributed by atoms with Gasteiger partial charge in [-0.15, -0.1) is 0 Å². The first kappa shape index (κ1) is 15.4. The van der Waals surface area contributed by atoms with E-state index < -0.39 is 5.97 Å². The largest absolute Gasteiger partial charge is 0.478 e. The van der Waals surface area contributed by atoms with Crippen molar-refractivity contribution in [2.75, 3.05) is 13.1 Å². The summed E-state index contributed by atoms with van der Waals surface area (Å²) in [6, 6.07) is 2.93. The molecule has 6 nitrogen and oxygen atoms in total. The number of aromatic carboxylic acids is 1. The summed E-state index contributed by atoms with van der Waals surface area (Å²) in [5.74, 6) is -0.956. The molecule has 0 spiro atoms. The van der Waals surface area contributed by atoms with Crippen LogP contribution in [-0.4, -0.2) is 35.1 Å². The standard InChI is InChI=1S/C15H21N3O3/c1-2-15(4-7-16-8-5-15)14(21)18-10-12-9-11(13(19)20)3-6-17-12/h3,6,9,16H,2,4-5,7-8,10H2,1H3,(H,18,21)(H,19,20). The summed E-state index contributed by atoms with van der Waals surface area (Å²) < 4.78 is 0. The molecule has 6 heteroatoms. The Balaban J connectivity index is 2.00. The van der Waals surface area contributed by atoms with E-state index >= 15 is 0 Å². The maximum absolute atomic E-state index is 12.5. The molecule has 0 saturated carbocycles. The van der Waals surface area contributed by atoms with E-state index in [0.717, 1.165) is 32.4 Å². The molecule has 1 saturated heterocycles. The predicted molar refractivity (Wildman–Crippen MR) is 77.9 cm³/mol. The Morgan fingerprint density at radius 2 is 2.14 bits per heavy atom. The van der Waals surface area contributed by atoms with Crippen LogP contribution in [0.2, 0.25) is 0 Å². The molecule has 1 aliphatic heterocycles. The topological polar surface area (TPSA) is 91.3 Å². The first-order valence-corrected chi connectivity index (χ1v) is 7.25. The highest BCUT2D eigenvalue weighted by molar-refractivity contribution is 5.87. The third-order valence-corrected chi connectivity index (χ3v) is 4.21. The first-order valence-electron chi connectivity index (χ1n) is 7.25. The molecule has 0 bridgehead atoms. The second-order valence-corrected chi connectivity index (χ2v) is 5.41. The number of hydrogen-bond donors (Lipinski definition) is 3. The van der Waals surface area contributed by atoms with Crippen LogP contribution in [0, 0.1) is 5.41 Å². The smallest absolute Gasteiger partial charge is 0.335 e. The molecule has 1 aromatic heterocycles. The predicted octanol–water partition coefficient (Wildman–Crippen LogP) is 1.18. The second-order valence-electron chi connectivity index (χ2n) is 5.41. The highest BCUT2D eigenvalue weighted by Gasteiger charge is 2.37. The van der Waals surface area contributed by atoms with Gasteiger partial charge < -0.3 is 15.7 Å². The van der Waals surface area contributed by atoms with Crippen molar-refractivity contribution in [2.24, 2.45) is 5.41 Å². The highest BCUT2D eigenvalue weighted by atomic mass is 16.4. The highest BCUT2D eigenvalue weighted by Crippen LogP contribution is 2.32. The van der Waals surface area contributed by atoms with Crippen LogP contribution in [0.15, 0.2) is 18.3 Å². The van der Waals surface area contributed by atoms with Crippen molar-refractivity contribution in [1.29, 1.82) is 0 Å². The molecule has 114 valence electrons. The molecule has 2 rings (SSSR count). The fourth-order valence-corrected chi connectivity index (χ4v) is 2.71. The summed E-state index contributed by atoms with van der Waals surface area (Å²) in [4.78, 5) is 27.5. The zero-order valence-electron chi connectivity index (χ0n) is 12.2. The lowest BCUT2D eigenvalue weighted by molar-refractivity contribution is -0.133. The van der Waals surface area contributed by atoms with Gasteiger partial charge in [0.2, 0.25) is 5.91 Å². The number of aromatic nitrogens is 1. The zero-order valence-corrected chi connectivity index (χ0v) is 12.2. The molecular weight excluding hydrogens is 270 g/mol.